The van der Waals surface area contributed by atoms with Crippen LogP contribution in [0.5, 0.6) is 0 Å². The molecule has 5 aromatic rings. The van der Waals surface area contributed by atoms with Crippen LogP contribution in [0.2, 0.25) is 0 Å². The first-order chi connectivity index (χ1) is 17.4. The highest BCUT2D eigenvalue weighted by Crippen LogP contribution is 2.38. The molecule has 2 heterocycles. The van der Waals surface area contributed by atoms with Crippen LogP contribution in [0.1, 0.15) is 33.5 Å². The zero-order valence-corrected chi connectivity index (χ0v) is 20.2. The molecule has 0 aliphatic heterocycles. The van der Waals surface area contributed by atoms with Crippen LogP contribution >= 0.6 is 0 Å². The van der Waals surface area contributed by atoms with Gasteiger partial charge in [-0.25, -0.2) is 4.98 Å². The first-order valence-electron chi connectivity index (χ1n) is 11.9. The van der Waals surface area contributed by atoms with Gasteiger partial charge in [0.1, 0.15) is 5.54 Å². The van der Waals surface area contributed by atoms with Crippen molar-refractivity contribution in [2.45, 2.75) is 18.4 Å². The van der Waals surface area contributed by atoms with Gasteiger partial charge in [-0.1, -0.05) is 42.5 Å². The maximum atomic E-state index is 12.9. The number of imidazole rings is 1. The molecule has 0 amide bonds. The van der Waals surface area contributed by atoms with Crippen LogP contribution in [0, 0.1) is 11.3 Å². The Morgan fingerprint density at radius 2 is 1.81 bits per heavy atom. The molecule has 2 aromatic heterocycles. The van der Waals surface area contributed by atoms with Crippen molar-refractivity contribution in [3.63, 3.8) is 0 Å². The fourth-order valence-electron chi connectivity index (χ4n) is 5.47. The highest BCUT2D eigenvalue weighted by atomic mass is 16.1. The molecule has 176 valence electrons. The molecule has 1 aliphatic carbocycles. The van der Waals surface area contributed by atoms with Gasteiger partial charge < -0.3 is 14.9 Å². The van der Waals surface area contributed by atoms with Gasteiger partial charge in [-0.05, 0) is 64.4 Å². The van der Waals surface area contributed by atoms with Crippen LogP contribution in [0.4, 0.5) is 0 Å². The van der Waals surface area contributed by atoms with E-state index in [2.05, 4.69) is 35.3 Å². The second-order valence-corrected chi connectivity index (χ2v) is 9.57. The van der Waals surface area contributed by atoms with Crippen molar-refractivity contribution in [1.29, 1.82) is 5.26 Å². The molecule has 1 atom stereocenters. The van der Waals surface area contributed by atoms with Crippen LogP contribution in [0.3, 0.4) is 0 Å². The number of nitrogens with two attached hydrogens (primary N) is 1. The molecular weight excluding hydrogens is 446 g/mol. The van der Waals surface area contributed by atoms with Gasteiger partial charge in [0.2, 0.25) is 0 Å². The number of aryl methyl sites for hydroxylation is 4. The first-order valence-corrected chi connectivity index (χ1v) is 11.9. The van der Waals surface area contributed by atoms with Gasteiger partial charge in [-0.15, -0.1) is 0 Å². The summed E-state index contributed by atoms with van der Waals surface area (Å²) in [5, 5.41) is 10.8. The van der Waals surface area contributed by atoms with Crippen molar-refractivity contribution in [3.8, 4) is 17.2 Å². The SMILES string of the molecule is Cn1cncc1[C@@]1(N)c2ccc(C#N)c(c2)CCc2cccc(c2)-c2cc(=O)n(C)c3ccc1cc23. The van der Waals surface area contributed by atoms with Crippen LogP contribution in [0.15, 0.2) is 84.0 Å². The quantitative estimate of drug-likeness (QED) is 0.398. The van der Waals surface area contributed by atoms with Crippen molar-refractivity contribution in [1.82, 2.24) is 14.1 Å². The number of nitriles is 1. The summed E-state index contributed by atoms with van der Waals surface area (Å²) in [4.78, 5) is 17.3. The number of fused-ring (bicyclic) bond motifs is 6. The third-order valence-electron chi connectivity index (χ3n) is 7.52. The molecule has 3 aromatic carbocycles. The molecule has 0 saturated carbocycles. The monoisotopic (exact) mass is 471 g/mol. The van der Waals surface area contributed by atoms with Gasteiger partial charge in [0.15, 0.2) is 0 Å². The van der Waals surface area contributed by atoms with Crippen molar-refractivity contribution in [3.05, 3.63) is 123 Å². The average molecular weight is 472 g/mol. The number of rotatable bonds is 1. The second-order valence-electron chi connectivity index (χ2n) is 9.57. The lowest BCUT2D eigenvalue weighted by Gasteiger charge is -2.32. The van der Waals surface area contributed by atoms with E-state index in [4.69, 9.17) is 5.73 Å². The van der Waals surface area contributed by atoms with E-state index in [0.717, 1.165) is 56.4 Å². The predicted molar refractivity (Wildman–Crippen MR) is 140 cm³/mol. The smallest absolute Gasteiger partial charge is 0.251 e. The molecule has 0 spiro atoms. The van der Waals surface area contributed by atoms with E-state index in [1.165, 1.54) is 0 Å². The number of hydrogen-bond donors (Lipinski definition) is 1. The summed E-state index contributed by atoms with van der Waals surface area (Å²) < 4.78 is 3.61. The molecule has 0 radical (unpaired) electrons. The minimum atomic E-state index is -1.03. The van der Waals surface area contributed by atoms with Crippen molar-refractivity contribution < 1.29 is 0 Å². The normalized spacial score (nSPS) is 16.7. The molecule has 1 aliphatic rings. The summed E-state index contributed by atoms with van der Waals surface area (Å²) in [6.45, 7) is 0. The summed E-state index contributed by atoms with van der Waals surface area (Å²) in [5.41, 5.74) is 14.4. The lowest BCUT2D eigenvalue weighted by atomic mass is 9.79. The Bertz CT molecular complexity index is 1770. The highest BCUT2D eigenvalue weighted by Gasteiger charge is 2.35. The Morgan fingerprint density at radius 1 is 1.00 bits per heavy atom. The topological polar surface area (TPSA) is 89.6 Å². The van der Waals surface area contributed by atoms with Crippen molar-refractivity contribution >= 4 is 10.9 Å². The van der Waals surface area contributed by atoms with Gasteiger partial charge in [0.05, 0.1) is 35.4 Å². The van der Waals surface area contributed by atoms with Crippen LogP contribution in [0.25, 0.3) is 22.0 Å². The molecule has 2 N–H and O–H groups in total. The number of benzene rings is 3. The Morgan fingerprint density at radius 3 is 2.58 bits per heavy atom. The van der Waals surface area contributed by atoms with E-state index in [0.29, 0.717) is 12.0 Å². The Hall–Kier alpha value is -4.47. The summed E-state index contributed by atoms with van der Waals surface area (Å²) in [7, 11) is 3.73. The van der Waals surface area contributed by atoms with E-state index < -0.39 is 5.54 Å². The molecule has 6 rings (SSSR count). The van der Waals surface area contributed by atoms with E-state index in [1.807, 2.05) is 48.0 Å². The minimum absolute atomic E-state index is 0.0593. The first kappa shape index (κ1) is 22.0. The number of hydrogen-bond acceptors (Lipinski definition) is 4. The molecule has 0 unspecified atom stereocenters. The van der Waals surface area contributed by atoms with Crippen LogP contribution < -0.4 is 11.3 Å². The van der Waals surface area contributed by atoms with Gasteiger partial charge >= 0.3 is 0 Å². The summed E-state index contributed by atoms with van der Waals surface area (Å²) in [6.07, 6.45) is 5.01. The van der Waals surface area contributed by atoms with Gasteiger partial charge in [0, 0.05) is 25.5 Å². The third kappa shape index (κ3) is 3.21. The summed E-state index contributed by atoms with van der Waals surface area (Å²) in [5.74, 6) is 0. The molecule has 6 heteroatoms. The van der Waals surface area contributed by atoms with Crippen molar-refractivity contribution in [2.75, 3.05) is 0 Å². The Labute approximate surface area is 208 Å². The third-order valence-corrected chi connectivity index (χ3v) is 7.52. The number of aromatic nitrogens is 3. The fourth-order valence-corrected chi connectivity index (χ4v) is 5.47. The second kappa shape index (κ2) is 8.04. The zero-order chi connectivity index (χ0) is 25.0. The maximum absolute atomic E-state index is 12.9. The fraction of sp³-hybridized carbons (Fsp3) is 0.167. The van der Waals surface area contributed by atoms with Gasteiger partial charge in [-0.3, -0.25) is 4.79 Å². The number of nitrogens with zero attached hydrogens (tertiary/aromatic N) is 4. The van der Waals surface area contributed by atoms with E-state index in [-0.39, 0.29) is 5.56 Å². The highest BCUT2D eigenvalue weighted by molar-refractivity contribution is 5.95. The van der Waals surface area contributed by atoms with Gasteiger partial charge in [0.25, 0.3) is 5.56 Å². The summed E-state index contributed by atoms with van der Waals surface area (Å²) >= 11 is 0. The Balaban J connectivity index is 1.77. The molecule has 6 bridgehead atoms. The zero-order valence-electron chi connectivity index (χ0n) is 20.2. The molecule has 6 nitrogen and oxygen atoms in total. The van der Waals surface area contributed by atoms with E-state index in [9.17, 15) is 10.1 Å². The Kier molecular flexibility index (Phi) is 4.92. The van der Waals surface area contributed by atoms with Crippen molar-refractivity contribution in [2.24, 2.45) is 19.8 Å². The molecular formula is C30H25N5O. The maximum Gasteiger partial charge on any atom is 0.251 e. The lowest BCUT2D eigenvalue weighted by molar-refractivity contribution is 0.595. The van der Waals surface area contributed by atoms with Crippen LogP contribution in [-0.2, 0) is 32.5 Å². The molecule has 0 fully saturated rings. The molecule has 36 heavy (non-hydrogen) atoms. The molecule has 0 saturated heterocycles. The largest absolute Gasteiger partial charge is 0.336 e. The van der Waals surface area contributed by atoms with Gasteiger partial charge in [-0.2, -0.15) is 5.26 Å². The van der Waals surface area contributed by atoms with Crippen LogP contribution in [-0.4, -0.2) is 14.1 Å². The van der Waals surface area contributed by atoms with E-state index >= 15 is 0 Å². The van der Waals surface area contributed by atoms with E-state index in [1.54, 1.807) is 30.2 Å². The standard InChI is InChI=1S/C30H25N5O/c1-34-18-33-17-28(34)30(32)23-9-8-22(16-31)20(13-23)7-6-19-4-3-5-21(12-19)25-15-29(36)35(2)27-11-10-24(30)14-26(25)27/h3-5,8-15,17-18H,6-7,32H2,1-2H3/t30-/m1/s1. The number of pyridine rings is 1. The minimum Gasteiger partial charge on any atom is -0.336 e. The lowest BCUT2D eigenvalue weighted by Crippen LogP contribution is -2.41. The average Bonchev–Trinajstić information content (AvgIpc) is 3.34. The summed E-state index contributed by atoms with van der Waals surface area (Å²) in [6, 6.07) is 24.3. The predicted octanol–water partition coefficient (Wildman–Crippen LogP) is 4.16.